The molecule has 5 nitrogen and oxygen atoms in total. The molecule has 0 aliphatic carbocycles. The molecule has 124 valence electrons. The van der Waals surface area contributed by atoms with E-state index in [0.29, 0.717) is 11.7 Å². The third kappa shape index (κ3) is 4.67. The number of aromatic nitrogens is 1. The normalized spacial score (nSPS) is 11.2. The number of anilines is 1. The van der Waals surface area contributed by atoms with Gasteiger partial charge in [-0.05, 0) is 26.3 Å². The summed E-state index contributed by atoms with van der Waals surface area (Å²) in [7, 11) is 0. The molecule has 2 rings (SSSR count). The van der Waals surface area contributed by atoms with Gasteiger partial charge in [-0.3, -0.25) is 4.79 Å². The Morgan fingerprint density at radius 3 is 2.67 bits per heavy atom. The number of hydrogen-bond acceptors (Lipinski definition) is 5. The molecule has 0 unspecified atom stereocenters. The summed E-state index contributed by atoms with van der Waals surface area (Å²) in [4.78, 5) is 18.7. The molecule has 0 atom stereocenters. The van der Waals surface area contributed by atoms with Gasteiger partial charge in [0.25, 0.3) is 5.91 Å². The van der Waals surface area contributed by atoms with Crippen LogP contribution in [0.5, 0.6) is 0 Å². The molecule has 1 aromatic carbocycles. The van der Waals surface area contributed by atoms with E-state index >= 15 is 0 Å². The van der Waals surface area contributed by atoms with Crippen LogP contribution in [0.3, 0.4) is 0 Å². The number of nitrogens with one attached hydrogen (secondary N) is 1. The van der Waals surface area contributed by atoms with Gasteiger partial charge >= 0.3 is 0 Å². The highest BCUT2D eigenvalue weighted by molar-refractivity contribution is 7.13. The number of aryl methyl sites for hydroxylation is 1. The lowest BCUT2D eigenvalue weighted by atomic mass is 10.1. The third-order valence-electron chi connectivity index (χ3n) is 3.39. The number of carbonyl (C=O) groups is 1. The van der Waals surface area contributed by atoms with Crippen LogP contribution in [0.1, 0.15) is 25.1 Å². The van der Waals surface area contributed by atoms with E-state index in [9.17, 15) is 10.1 Å². The molecular weight excluding hydrogens is 320 g/mol. The molecule has 1 amide bonds. The van der Waals surface area contributed by atoms with Crippen LogP contribution in [0, 0.1) is 18.3 Å². The number of carbonyl (C=O) groups excluding carboxylic acids is 1. The number of benzene rings is 1. The first-order valence-corrected chi connectivity index (χ1v) is 8.53. The van der Waals surface area contributed by atoms with Crippen LogP contribution in [0.25, 0.3) is 0 Å². The Hall–Kier alpha value is -2.65. The highest BCUT2D eigenvalue weighted by atomic mass is 32.1. The quantitative estimate of drug-likeness (QED) is 0.643. The van der Waals surface area contributed by atoms with Gasteiger partial charge in [0, 0.05) is 24.2 Å². The Bertz CT molecular complexity index is 759. The largest absolute Gasteiger partial charge is 0.337 e. The van der Waals surface area contributed by atoms with Crippen LogP contribution in [0.15, 0.2) is 47.5 Å². The highest BCUT2D eigenvalue weighted by Gasteiger charge is 2.21. The van der Waals surface area contributed by atoms with Crippen molar-refractivity contribution >= 4 is 22.4 Å². The fraction of sp³-hybridized carbons (Fsp3) is 0.278. The van der Waals surface area contributed by atoms with Crippen LogP contribution in [-0.4, -0.2) is 21.8 Å². The smallest absolute Gasteiger partial charge is 0.266 e. The first-order valence-electron chi connectivity index (χ1n) is 7.65. The Balaban J connectivity index is 2.15. The first kappa shape index (κ1) is 17.7. The van der Waals surface area contributed by atoms with Crippen molar-refractivity contribution < 1.29 is 4.79 Å². The minimum atomic E-state index is -0.294. The lowest BCUT2D eigenvalue weighted by molar-refractivity contribution is -0.129. The minimum Gasteiger partial charge on any atom is -0.337 e. The molecule has 0 saturated heterocycles. The Kier molecular flexibility index (Phi) is 6.10. The lowest BCUT2D eigenvalue weighted by Gasteiger charge is -2.26. The molecule has 6 heteroatoms. The van der Waals surface area contributed by atoms with E-state index < -0.39 is 0 Å². The van der Waals surface area contributed by atoms with Crippen molar-refractivity contribution in [3.05, 3.63) is 58.7 Å². The molecule has 24 heavy (non-hydrogen) atoms. The highest BCUT2D eigenvalue weighted by Crippen LogP contribution is 2.16. The third-order valence-corrected chi connectivity index (χ3v) is 4.28. The van der Waals surface area contributed by atoms with Gasteiger partial charge in [0.05, 0.1) is 5.69 Å². The second kappa shape index (κ2) is 8.27. The molecule has 1 heterocycles. The molecule has 0 fully saturated rings. The standard InChI is InChI=1S/C18H20N4OS/c1-13(2)22(11-15-7-5-4-6-8-15)17(23)16(9-19)10-20-18-21-14(3)12-24-18/h4-8,10,12-13H,11H2,1-3H3,(H,20,21)/b16-10-. The van der Waals surface area contributed by atoms with Gasteiger partial charge in [-0.1, -0.05) is 30.3 Å². The van der Waals surface area contributed by atoms with Gasteiger partial charge in [0.15, 0.2) is 5.13 Å². The van der Waals surface area contributed by atoms with E-state index in [4.69, 9.17) is 0 Å². The van der Waals surface area contributed by atoms with Crippen molar-refractivity contribution in [3.8, 4) is 6.07 Å². The maximum atomic E-state index is 12.7. The Labute approximate surface area is 146 Å². The maximum absolute atomic E-state index is 12.7. The number of hydrogen-bond donors (Lipinski definition) is 1. The summed E-state index contributed by atoms with van der Waals surface area (Å²) in [5.74, 6) is -0.294. The topological polar surface area (TPSA) is 69.0 Å². The zero-order valence-electron chi connectivity index (χ0n) is 14.0. The van der Waals surface area contributed by atoms with Crippen LogP contribution in [0.2, 0.25) is 0 Å². The summed E-state index contributed by atoms with van der Waals surface area (Å²) in [5, 5.41) is 14.8. The van der Waals surface area contributed by atoms with Gasteiger partial charge in [-0.15, -0.1) is 11.3 Å². The minimum absolute atomic E-state index is 0.0171. The van der Waals surface area contributed by atoms with Crippen molar-refractivity contribution in [2.24, 2.45) is 0 Å². The summed E-state index contributed by atoms with van der Waals surface area (Å²) in [6, 6.07) is 11.7. The predicted octanol–water partition coefficient (Wildman–Crippen LogP) is 3.71. The van der Waals surface area contributed by atoms with Crippen LogP contribution < -0.4 is 5.32 Å². The Morgan fingerprint density at radius 2 is 2.12 bits per heavy atom. The van der Waals surface area contributed by atoms with E-state index in [1.165, 1.54) is 17.5 Å². The van der Waals surface area contributed by atoms with Crippen molar-refractivity contribution in [1.82, 2.24) is 9.88 Å². The summed E-state index contributed by atoms with van der Waals surface area (Å²) < 4.78 is 0. The molecule has 0 radical (unpaired) electrons. The molecule has 1 N–H and O–H groups in total. The SMILES string of the molecule is Cc1csc(N/C=C(/C#N)C(=O)N(Cc2ccccc2)C(C)C)n1. The van der Waals surface area contributed by atoms with Crippen molar-refractivity contribution in [1.29, 1.82) is 5.26 Å². The molecule has 0 aliphatic heterocycles. The molecular formula is C18H20N4OS. The number of thiazole rings is 1. The second-order valence-corrected chi connectivity index (χ2v) is 6.48. The van der Waals surface area contributed by atoms with Crippen LogP contribution in [-0.2, 0) is 11.3 Å². The van der Waals surface area contributed by atoms with Gasteiger partial charge in [-0.25, -0.2) is 4.98 Å². The van der Waals surface area contributed by atoms with Gasteiger partial charge < -0.3 is 10.2 Å². The van der Waals surface area contributed by atoms with Crippen LogP contribution >= 0.6 is 11.3 Å². The van der Waals surface area contributed by atoms with E-state index in [1.54, 1.807) is 4.90 Å². The molecule has 1 aromatic heterocycles. The van der Waals surface area contributed by atoms with Gasteiger partial charge in [0.2, 0.25) is 0 Å². The van der Waals surface area contributed by atoms with E-state index in [-0.39, 0.29) is 17.5 Å². The monoisotopic (exact) mass is 340 g/mol. The number of amides is 1. The number of rotatable bonds is 6. The summed E-state index contributed by atoms with van der Waals surface area (Å²) in [6.07, 6.45) is 1.43. The summed E-state index contributed by atoms with van der Waals surface area (Å²) in [6.45, 7) is 6.23. The molecule has 0 saturated carbocycles. The Morgan fingerprint density at radius 1 is 1.42 bits per heavy atom. The van der Waals surface area contributed by atoms with Crippen molar-refractivity contribution in [2.75, 3.05) is 5.32 Å². The molecule has 0 bridgehead atoms. The fourth-order valence-electron chi connectivity index (χ4n) is 2.12. The number of nitrogens with zero attached hydrogens (tertiary/aromatic N) is 3. The summed E-state index contributed by atoms with van der Waals surface area (Å²) >= 11 is 1.43. The van der Waals surface area contributed by atoms with Crippen molar-refractivity contribution in [3.63, 3.8) is 0 Å². The van der Waals surface area contributed by atoms with Crippen LogP contribution in [0.4, 0.5) is 5.13 Å². The lowest BCUT2D eigenvalue weighted by Crippen LogP contribution is -2.37. The molecule has 0 spiro atoms. The number of nitriles is 1. The predicted molar refractivity (Wildman–Crippen MR) is 96.3 cm³/mol. The molecule has 2 aromatic rings. The fourth-order valence-corrected chi connectivity index (χ4v) is 2.78. The van der Waals surface area contributed by atoms with E-state index in [0.717, 1.165) is 11.3 Å². The average Bonchev–Trinajstić information content (AvgIpc) is 2.99. The van der Waals surface area contributed by atoms with Gasteiger partial charge in [-0.2, -0.15) is 5.26 Å². The zero-order valence-corrected chi connectivity index (χ0v) is 14.8. The van der Waals surface area contributed by atoms with E-state index in [1.807, 2.05) is 62.6 Å². The van der Waals surface area contributed by atoms with Gasteiger partial charge in [0.1, 0.15) is 11.6 Å². The molecule has 0 aliphatic rings. The average molecular weight is 340 g/mol. The summed E-state index contributed by atoms with van der Waals surface area (Å²) in [5.41, 5.74) is 1.99. The van der Waals surface area contributed by atoms with Crippen molar-refractivity contribution in [2.45, 2.75) is 33.4 Å². The second-order valence-electron chi connectivity index (χ2n) is 5.62. The maximum Gasteiger partial charge on any atom is 0.266 e. The first-order chi connectivity index (χ1) is 11.5. The zero-order chi connectivity index (χ0) is 17.5. The van der Waals surface area contributed by atoms with E-state index in [2.05, 4.69) is 10.3 Å².